The van der Waals surface area contributed by atoms with Crippen LogP contribution >= 0.6 is 11.8 Å². The molecule has 0 radical (unpaired) electrons. The largest absolute Gasteiger partial charge is 0.481 e. The number of ether oxygens (including phenoxy) is 1. The number of non-ortho nitro benzene ring substituents is 1. The third kappa shape index (κ3) is 3.93. The van der Waals surface area contributed by atoms with Crippen molar-refractivity contribution < 1.29 is 14.5 Å². The Hall–Kier alpha value is -2.54. The van der Waals surface area contributed by atoms with Gasteiger partial charge in [0.1, 0.15) is 11.1 Å². The van der Waals surface area contributed by atoms with E-state index in [0.717, 1.165) is 11.3 Å². The number of nitrogens with zero attached hydrogens (tertiary/aromatic N) is 2. The van der Waals surface area contributed by atoms with Crippen molar-refractivity contribution in [3.63, 3.8) is 0 Å². The van der Waals surface area contributed by atoms with Crippen LogP contribution in [0.2, 0.25) is 0 Å². The van der Waals surface area contributed by atoms with E-state index < -0.39 is 11.0 Å². The van der Waals surface area contributed by atoms with Crippen molar-refractivity contribution in [2.75, 3.05) is 12.3 Å². The zero-order valence-corrected chi connectivity index (χ0v) is 14.5. The Morgan fingerprint density at radius 2 is 1.92 bits per heavy atom. The molecule has 2 aromatic rings. The Morgan fingerprint density at radius 1 is 1.24 bits per heavy atom. The second kappa shape index (κ2) is 7.57. The van der Waals surface area contributed by atoms with E-state index in [1.54, 1.807) is 35.7 Å². The van der Waals surface area contributed by atoms with Gasteiger partial charge in [-0.05, 0) is 36.8 Å². The summed E-state index contributed by atoms with van der Waals surface area (Å²) in [4.78, 5) is 24.9. The van der Waals surface area contributed by atoms with Gasteiger partial charge in [-0.2, -0.15) is 0 Å². The van der Waals surface area contributed by atoms with Crippen LogP contribution in [0.25, 0.3) is 0 Å². The monoisotopic (exact) mass is 358 g/mol. The topological polar surface area (TPSA) is 72.7 Å². The lowest BCUT2D eigenvalue weighted by Gasteiger charge is -2.27. The lowest BCUT2D eigenvalue weighted by molar-refractivity contribution is -0.384. The molecule has 0 bridgehead atoms. The predicted octanol–water partition coefficient (Wildman–Crippen LogP) is 3.64. The molecule has 25 heavy (non-hydrogen) atoms. The molecule has 1 aliphatic rings. The molecule has 2 aromatic carbocycles. The summed E-state index contributed by atoms with van der Waals surface area (Å²) >= 11 is 1.65. The minimum atomic E-state index is -0.596. The van der Waals surface area contributed by atoms with Crippen LogP contribution in [0.15, 0.2) is 54.6 Å². The van der Waals surface area contributed by atoms with E-state index in [9.17, 15) is 14.9 Å². The van der Waals surface area contributed by atoms with Gasteiger partial charge in [0.2, 0.25) is 0 Å². The minimum absolute atomic E-state index is 0.0467. The second-order valence-corrected chi connectivity index (χ2v) is 6.86. The van der Waals surface area contributed by atoms with Crippen LogP contribution in [0.4, 0.5) is 5.69 Å². The maximum atomic E-state index is 12.8. The third-order valence-corrected chi connectivity index (χ3v) is 5.23. The molecule has 1 saturated heterocycles. The summed E-state index contributed by atoms with van der Waals surface area (Å²) in [5, 5.41) is 10.6. The summed E-state index contributed by atoms with van der Waals surface area (Å²) in [5.41, 5.74) is 0.929. The number of nitro benzene ring substituents is 1. The average Bonchev–Trinajstić information content (AvgIpc) is 3.11. The zero-order chi connectivity index (χ0) is 17.8. The van der Waals surface area contributed by atoms with Gasteiger partial charge in [0, 0.05) is 24.4 Å². The number of carbonyl (C=O) groups is 1. The van der Waals surface area contributed by atoms with Crippen molar-refractivity contribution in [1.29, 1.82) is 0 Å². The number of nitro groups is 1. The fourth-order valence-electron chi connectivity index (χ4n) is 2.72. The SMILES string of the molecule is CC(Oc1ccccc1)C(=O)N1CCSC1c1ccc([N+](=O)[O-])cc1. The van der Waals surface area contributed by atoms with E-state index in [-0.39, 0.29) is 17.0 Å². The van der Waals surface area contributed by atoms with Crippen molar-refractivity contribution in [1.82, 2.24) is 4.90 Å². The third-order valence-electron chi connectivity index (χ3n) is 3.97. The maximum Gasteiger partial charge on any atom is 0.269 e. The Morgan fingerprint density at radius 3 is 2.56 bits per heavy atom. The lowest BCUT2D eigenvalue weighted by atomic mass is 10.2. The molecule has 130 valence electrons. The average molecular weight is 358 g/mol. The van der Waals surface area contributed by atoms with Gasteiger partial charge in [0.05, 0.1) is 4.92 Å². The number of rotatable bonds is 5. The van der Waals surface area contributed by atoms with Gasteiger partial charge in [-0.15, -0.1) is 11.8 Å². The van der Waals surface area contributed by atoms with Crippen molar-refractivity contribution in [3.05, 3.63) is 70.3 Å². The molecule has 2 atom stereocenters. The van der Waals surface area contributed by atoms with Crippen LogP contribution in [0, 0.1) is 10.1 Å². The summed E-state index contributed by atoms with van der Waals surface area (Å²) < 4.78 is 5.73. The number of benzene rings is 2. The molecule has 1 fully saturated rings. The molecule has 7 heteroatoms. The van der Waals surface area contributed by atoms with Gasteiger partial charge < -0.3 is 9.64 Å². The number of amides is 1. The molecule has 6 nitrogen and oxygen atoms in total. The number of thioether (sulfide) groups is 1. The molecule has 0 aromatic heterocycles. The second-order valence-electron chi connectivity index (χ2n) is 5.68. The van der Waals surface area contributed by atoms with Crippen LogP contribution in [0.3, 0.4) is 0 Å². The van der Waals surface area contributed by atoms with Gasteiger partial charge in [-0.3, -0.25) is 14.9 Å². The Kier molecular flexibility index (Phi) is 5.23. The smallest absolute Gasteiger partial charge is 0.269 e. The first-order valence-electron chi connectivity index (χ1n) is 7.94. The molecule has 0 aliphatic carbocycles. The van der Waals surface area contributed by atoms with Crippen LogP contribution in [0.5, 0.6) is 5.75 Å². The molecule has 3 rings (SSSR count). The molecule has 1 heterocycles. The molecule has 1 amide bonds. The quantitative estimate of drug-likeness (QED) is 0.603. The number of hydrogen-bond acceptors (Lipinski definition) is 5. The van der Waals surface area contributed by atoms with Crippen molar-refractivity contribution in [2.45, 2.75) is 18.4 Å². The Balaban J connectivity index is 1.72. The first kappa shape index (κ1) is 17.3. The van der Waals surface area contributed by atoms with Crippen LogP contribution in [-0.4, -0.2) is 34.1 Å². The van der Waals surface area contributed by atoms with Crippen molar-refractivity contribution in [3.8, 4) is 5.75 Å². The normalized spacial score (nSPS) is 18.0. The predicted molar refractivity (Wildman–Crippen MR) is 96.5 cm³/mol. The zero-order valence-electron chi connectivity index (χ0n) is 13.7. The van der Waals surface area contributed by atoms with E-state index >= 15 is 0 Å². The summed E-state index contributed by atoms with van der Waals surface area (Å²) in [6, 6.07) is 15.6. The Bertz CT molecular complexity index is 751. The van der Waals surface area contributed by atoms with E-state index in [1.807, 2.05) is 30.3 Å². The first-order valence-corrected chi connectivity index (χ1v) is 8.99. The molecule has 0 spiro atoms. The molecule has 0 saturated carbocycles. The van der Waals surface area contributed by atoms with Gasteiger partial charge in [-0.1, -0.05) is 18.2 Å². The fraction of sp³-hybridized carbons (Fsp3) is 0.278. The Labute approximate surface area is 149 Å². The van der Waals surface area contributed by atoms with Crippen molar-refractivity contribution >= 4 is 23.4 Å². The summed E-state index contributed by atoms with van der Waals surface area (Å²) in [5.74, 6) is 1.39. The number of hydrogen-bond donors (Lipinski definition) is 0. The van der Waals surface area contributed by atoms with Crippen LogP contribution in [0.1, 0.15) is 17.9 Å². The summed E-state index contributed by atoms with van der Waals surface area (Å²) in [6.07, 6.45) is -0.596. The van der Waals surface area contributed by atoms with Gasteiger partial charge in [-0.25, -0.2) is 0 Å². The van der Waals surface area contributed by atoms with E-state index in [4.69, 9.17) is 4.74 Å². The number of para-hydroxylation sites is 1. The van der Waals surface area contributed by atoms with Crippen LogP contribution < -0.4 is 4.74 Å². The highest BCUT2D eigenvalue weighted by molar-refractivity contribution is 7.99. The van der Waals surface area contributed by atoms with Gasteiger partial charge in [0.25, 0.3) is 11.6 Å². The number of carbonyl (C=O) groups excluding carboxylic acids is 1. The highest BCUT2D eigenvalue weighted by Gasteiger charge is 2.34. The molecule has 2 unspecified atom stereocenters. The van der Waals surface area contributed by atoms with E-state index in [0.29, 0.717) is 12.3 Å². The van der Waals surface area contributed by atoms with E-state index in [1.165, 1.54) is 12.1 Å². The lowest BCUT2D eigenvalue weighted by Crippen LogP contribution is -2.40. The van der Waals surface area contributed by atoms with Crippen molar-refractivity contribution in [2.24, 2.45) is 0 Å². The molecule has 1 aliphatic heterocycles. The fourth-order valence-corrected chi connectivity index (χ4v) is 3.98. The standard InChI is InChI=1S/C18H18N2O4S/c1-13(24-16-5-3-2-4-6-16)17(21)19-11-12-25-18(19)14-7-9-15(10-8-14)20(22)23/h2-10,13,18H,11-12H2,1H3. The minimum Gasteiger partial charge on any atom is -0.481 e. The molecular weight excluding hydrogens is 340 g/mol. The highest BCUT2D eigenvalue weighted by Crippen LogP contribution is 2.38. The highest BCUT2D eigenvalue weighted by atomic mass is 32.2. The molecular formula is C18H18N2O4S. The maximum absolute atomic E-state index is 12.8. The first-order chi connectivity index (χ1) is 12.1. The van der Waals surface area contributed by atoms with Crippen LogP contribution in [-0.2, 0) is 4.79 Å². The molecule has 0 N–H and O–H groups in total. The van der Waals surface area contributed by atoms with E-state index in [2.05, 4.69) is 0 Å². The summed E-state index contributed by atoms with van der Waals surface area (Å²) in [6.45, 7) is 2.37. The van der Waals surface area contributed by atoms with Gasteiger partial charge >= 0.3 is 0 Å². The van der Waals surface area contributed by atoms with Gasteiger partial charge in [0.15, 0.2) is 6.10 Å². The summed E-state index contributed by atoms with van der Waals surface area (Å²) in [7, 11) is 0.